The van der Waals surface area contributed by atoms with E-state index in [0.29, 0.717) is 12.5 Å². The number of ether oxygens (including phenoxy) is 3. The first-order valence-electron chi connectivity index (χ1n) is 9.87. The number of hydrogen-bond donors (Lipinski definition) is 1. The molecule has 0 unspecified atom stereocenters. The maximum atomic E-state index is 6.00. The van der Waals surface area contributed by atoms with Crippen molar-refractivity contribution in [1.29, 1.82) is 0 Å². The first-order valence-corrected chi connectivity index (χ1v) is 9.87. The molecule has 1 N–H and O–H groups in total. The molecule has 2 aliphatic heterocycles. The Morgan fingerprint density at radius 2 is 1.79 bits per heavy atom. The highest BCUT2D eigenvalue weighted by molar-refractivity contribution is 5.84. The van der Waals surface area contributed by atoms with Crippen molar-refractivity contribution >= 4 is 5.90 Å². The molecular formula is C23H28N2O3. The molecule has 2 aromatic carbocycles. The van der Waals surface area contributed by atoms with E-state index in [1.54, 1.807) is 14.2 Å². The molecule has 5 heteroatoms. The second kappa shape index (κ2) is 7.84. The second-order valence-electron chi connectivity index (χ2n) is 7.76. The van der Waals surface area contributed by atoms with E-state index in [9.17, 15) is 0 Å². The largest absolute Gasteiger partial charge is 0.493 e. The van der Waals surface area contributed by atoms with Gasteiger partial charge in [-0.05, 0) is 41.2 Å². The van der Waals surface area contributed by atoms with Gasteiger partial charge in [0.2, 0.25) is 5.90 Å². The van der Waals surface area contributed by atoms with E-state index in [4.69, 9.17) is 19.2 Å². The van der Waals surface area contributed by atoms with Gasteiger partial charge in [-0.15, -0.1) is 0 Å². The smallest absolute Gasteiger partial charge is 0.201 e. The number of rotatable bonds is 5. The Labute approximate surface area is 166 Å². The molecule has 5 nitrogen and oxygen atoms in total. The predicted molar refractivity (Wildman–Crippen MR) is 110 cm³/mol. The molecule has 0 fully saturated rings. The molecule has 0 amide bonds. The third kappa shape index (κ3) is 3.47. The summed E-state index contributed by atoms with van der Waals surface area (Å²) in [5, 5.41) is 3.76. The molecule has 148 valence electrons. The number of methoxy groups -OCH3 is 2. The van der Waals surface area contributed by atoms with Gasteiger partial charge >= 0.3 is 0 Å². The van der Waals surface area contributed by atoms with Crippen LogP contribution in [0.3, 0.4) is 0 Å². The highest BCUT2D eigenvalue weighted by Crippen LogP contribution is 2.39. The first-order chi connectivity index (χ1) is 13.6. The van der Waals surface area contributed by atoms with E-state index in [1.165, 1.54) is 16.7 Å². The van der Waals surface area contributed by atoms with Gasteiger partial charge in [-0.2, -0.15) is 0 Å². The highest BCUT2D eigenvalue weighted by Gasteiger charge is 2.35. The van der Waals surface area contributed by atoms with Crippen LogP contribution in [0.5, 0.6) is 11.5 Å². The monoisotopic (exact) mass is 380 g/mol. The van der Waals surface area contributed by atoms with Crippen molar-refractivity contribution in [2.45, 2.75) is 38.4 Å². The Kier molecular flexibility index (Phi) is 5.27. The van der Waals surface area contributed by atoms with Crippen molar-refractivity contribution in [2.24, 2.45) is 10.9 Å². The fraction of sp³-hybridized carbons (Fsp3) is 0.435. The average Bonchev–Trinajstić information content (AvgIpc) is 3.23. The van der Waals surface area contributed by atoms with E-state index >= 15 is 0 Å². The molecule has 4 rings (SSSR count). The minimum atomic E-state index is 0.0409. The SMILES string of the molecule is COc1cc2c(cc1OC)[C@@H](c1ccccc1)N[C@H](C1=N[C@@H](C(C)C)CO1)C2. The zero-order valence-corrected chi connectivity index (χ0v) is 16.9. The standard InChI is InChI=1S/C23H28N2O3/c1-14(2)19-13-28-23(25-19)18-10-16-11-20(26-3)21(27-4)12-17(16)22(24-18)15-8-6-5-7-9-15/h5-9,11-12,14,18-19,22,24H,10,13H2,1-4H3/t18-,19+,22+/m0/s1. The normalized spacial score (nSPS) is 23.8. The molecule has 0 saturated carbocycles. The van der Waals surface area contributed by atoms with E-state index in [1.807, 2.05) is 6.07 Å². The highest BCUT2D eigenvalue weighted by atomic mass is 16.5. The van der Waals surface area contributed by atoms with Gasteiger partial charge in [0.25, 0.3) is 0 Å². The summed E-state index contributed by atoms with van der Waals surface area (Å²) in [5.41, 5.74) is 3.65. The topological polar surface area (TPSA) is 52.1 Å². The van der Waals surface area contributed by atoms with Crippen molar-refractivity contribution in [3.8, 4) is 11.5 Å². The molecule has 0 radical (unpaired) electrons. The molecule has 0 aliphatic carbocycles. The Morgan fingerprint density at radius 3 is 2.43 bits per heavy atom. The number of benzene rings is 2. The van der Waals surface area contributed by atoms with Crippen LogP contribution in [0, 0.1) is 5.92 Å². The molecular weight excluding hydrogens is 352 g/mol. The Bertz CT molecular complexity index is 864. The molecule has 2 aliphatic rings. The van der Waals surface area contributed by atoms with Gasteiger partial charge in [0.05, 0.1) is 32.3 Å². The van der Waals surface area contributed by atoms with Crippen LogP contribution >= 0.6 is 0 Å². The van der Waals surface area contributed by atoms with Crippen molar-refractivity contribution < 1.29 is 14.2 Å². The van der Waals surface area contributed by atoms with E-state index in [-0.39, 0.29) is 18.1 Å². The molecule has 0 bridgehead atoms. The summed E-state index contributed by atoms with van der Waals surface area (Å²) in [6.07, 6.45) is 0.808. The van der Waals surface area contributed by atoms with Crippen molar-refractivity contribution in [3.05, 3.63) is 59.2 Å². The minimum Gasteiger partial charge on any atom is -0.493 e. The van der Waals surface area contributed by atoms with Crippen LogP contribution in [0.1, 0.15) is 36.6 Å². The maximum absolute atomic E-state index is 6.00. The fourth-order valence-corrected chi connectivity index (χ4v) is 3.97. The zero-order valence-electron chi connectivity index (χ0n) is 16.9. The minimum absolute atomic E-state index is 0.0409. The van der Waals surface area contributed by atoms with Gasteiger partial charge in [-0.1, -0.05) is 44.2 Å². The van der Waals surface area contributed by atoms with Crippen LogP contribution in [-0.2, 0) is 11.2 Å². The average molecular weight is 380 g/mol. The number of aliphatic imine (C=N–C) groups is 1. The Morgan fingerprint density at radius 1 is 1.07 bits per heavy atom. The number of nitrogens with zero attached hydrogens (tertiary/aromatic N) is 1. The van der Waals surface area contributed by atoms with E-state index < -0.39 is 0 Å². The van der Waals surface area contributed by atoms with Gasteiger partial charge in [-0.3, -0.25) is 5.32 Å². The third-order valence-corrected chi connectivity index (χ3v) is 5.64. The van der Waals surface area contributed by atoms with Gasteiger partial charge in [0.1, 0.15) is 6.61 Å². The second-order valence-corrected chi connectivity index (χ2v) is 7.76. The molecule has 0 spiro atoms. The van der Waals surface area contributed by atoms with Crippen LogP contribution in [0.2, 0.25) is 0 Å². The lowest BCUT2D eigenvalue weighted by atomic mass is 9.86. The summed E-state index contributed by atoms with van der Waals surface area (Å²) in [5.74, 6) is 2.79. The van der Waals surface area contributed by atoms with E-state index in [2.05, 4.69) is 55.6 Å². The summed E-state index contributed by atoms with van der Waals surface area (Å²) >= 11 is 0. The zero-order chi connectivity index (χ0) is 19.7. The Hall–Kier alpha value is -2.53. The quantitative estimate of drug-likeness (QED) is 0.858. The summed E-state index contributed by atoms with van der Waals surface area (Å²) in [6.45, 7) is 5.04. The van der Waals surface area contributed by atoms with Crippen LogP contribution < -0.4 is 14.8 Å². The predicted octanol–water partition coefficient (Wildman–Crippen LogP) is 3.76. The van der Waals surface area contributed by atoms with Crippen molar-refractivity contribution in [3.63, 3.8) is 0 Å². The van der Waals surface area contributed by atoms with Crippen molar-refractivity contribution in [1.82, 2.24) is 5.32 Å². The summed E-state index contributed by atoms with van der Waals surface area (Å²) < 4.78 is 17.1. The molecule has 3 atom stereocenters. The van der Waals surface area contributed by atoms with Gasteiger partial charge in [0.15, 0.2) is 11.5 Å². The van der Waals surface area contributed by atoms with Crippen LogP contribution in [-0.4, -0.2) is 38.8 Å². The lowest BCUT2D eigenvalue weighted by Gasteiger charge is -2.33. The number of hydrogen-bond acceptors (Lipinski definition) is 5. The summed E-state index contributed by atoms with van der Waals surface area (Å²) in [4.78, 5) is 4.86. The van der Waals surface area contributed by atoms with Crippen LogP contribution in [0.4, 0.5) is 0 Å². The van der Waals surface area contributed by atoms with Crippen LogP contribution in [0.25, 0.3) is 0 Å². The van der Waals surface area contributed by atoms with Gasteiger partial charge in [-0.25, -0.2) is 4.99 Å². The molecule has 0 saturated heterocycles. The summed E-state index contributed by atoms with van der Waals surface area (Å²) in [6, 6.07) is 15.0. The Balaban J connectivity index is 1.75. The summed E-state index contributed by atoms with van der Waals surface area (Å²) in [7, 11) is 3.35. The lowest BCUT2D eigenvalue weighted by molar-refractivity contribution is 0.275. The molecule has 28 heavy (non-hydrogen) atoms. The fourth-order valence-electron chi connectivity index (χ4n) is 3.97. The van der Waals surface area contributed by atoms with Crippen molar-refractivity contribution in [2.75, 3.05) is 20.8 Å². The maximum Gasteiger partial charge on any atom is 0.201 e. The molecule has 2 heterocycles. The van der Waals surface area contributed by atoms with Gasteiger partial charge < -0.3 is 14.2 Å². The number of fused-ring (bicyclic) bond motifs is 1. The number of nitrogens with one attached hydrogen (secondary N) is 1. The van der Waals surface area contributed by atoms with Crippen LogP contribution in [0.15, 0.2) is 47.5 Å². The van der Waals surface area contributed by atoms with Gasteiger partial charge in [0, 0.05) is 0 Å². The first kappa shape index (κ1) is 18.8. The third-order valence-electron chi connectivity index (χ3n) is 5.64. The molecule has 0 aromatic heterocycles. The molecule has 2 aromatic rings. The lowest BCUT2D eigenvalue weighted by Crippen LogP contribution is -2.45. The van der Waals surface area contributed by atoms with E-state index in [0.717, 1.165) is 23.8 Å².